The van der Waals surface area contributed by atoms with Crippen molar-refractivity contribution in [1.29, 1.82) is 0 Å². The summed E-state index contributed by atoms with van der Waals surface area (Å²) in [6.07, 6.45) is 0. The Labute approximate surface area is 101 Å². The minimum absolute atomic E-state index is 0.873. The minimum atomic E-state index is 0.873. The minimum Gasteiger partial charge on any atom is -0.129 e. The molecule has 0 aliphatic heterocycles. The van der Waals surface area contributed by atoms with Crippen molar-refractivity contribution < 1.29 is 0 Å². The molecule has 0 spiro atoms. The van der Waals surface area contributed by atoms with Crippen LogP contribution in [0, 0.1) is 13.8 Å². The number of fused-ring (bicyclic) bond motifs is 3. The van der Waals surface area contributed by atoms with Gasteiger partial charge in [-0.1, -0.05) is 23.7 Å². The zero-order chi connectivity index (χ0) is 10.6. The van der Waals surface area contributed by atoms with Crippen molar-refractivity contribution in [1.82, 2.24) is 0 Å². The molecule has 0 fully saturated rings. The van der Waals surface area contributed by atoms with E-state index in [1.807, 2.05) is 34.8 Å². The summed E-state index contributed by atoms with van der Waals surface area (Å²) < 4.78 is 2.62. The van der Waals surface area contributed by atoms with Crippen LogP contribution in [0.5, 0.6) is 0 Å². The summed E-state index contributed by atoms with van der Waals surface area (Å²) in [7, 11) is 0. The fourth-order valence-electron chi connectivity index (χ4n) is 1.88. The predicted molar refractivity (Wildman–Crippen MR) is 71.7 cm³/mol. The highest BCUT2D eigenvalue weighted by atomic mass is 35.5. The molecule has 0 saturated heterocycles. The standard InChI is InChI=1S/C12H9ClS2/c1-6-7(2)14-12-10(6)8-4-3-5-9(13)11(8)15-12/h3-5H,1-2H3. The molecule has 0 radical (unpaired) electrons. The Kier molecular flexibility index (Phi) is 2.06. The highest BCUT2D eigenvalue weighted by Gasteiger charge is 2.13. The molecule has 0 unspecified atom stereocenters. The molecule has 2 aromatic heterocycles. The molecular formula is C12H9ClS2. The van der Waals surface area contributed by atoms with E-state index in [4.69, 9.17) is 11.6 Å². The van der Waals surface area contributed by atoms with Crippen LogP contribution in [0.25, 0.3) is 19.5 Å². The Morgan fingerprint density at radius 1 is 1.13 bits per heavy atom. The summed E-state index contributed by atoms with van der Waals surface area (Å²) in [6.45, 7) is 4.38. The molecule has 0 N–H and O–H groups in total. The van der Waals surface area contributed by atoms with E-state index < -0.39 is 0 Å². The number of aryl methyl sites for hydroxylation is 2. The molecule has 0 aliphatic carbocycles. The van der Waals surface area contributed by atoms with Gasteiger partial charge in [-0.3, -0.25) is 0 Å². The lowest BCUT2D eigenvalue weighted by atomic mass is 10.1. The molecule has 2 heterocycles. The van der Waals surface area contributed by atoms with Gasteiger partial charge in [0.05, 0.1) is 13.7 Å². The quantitative estimate of drug-likeness (QED) is 0.503. The molecule has 3 rings (SSSR count). The first-order valence-corrected chi connectivity index (χ1v) is 6.76. The molecule has 0 atom stereocenters. The Morgan fingerprint density at radius 3 is 2.73 bits per heavy atom. The lowest BCUT2D eigenvalue weighted by Crippen LogP contribution is -1.71. The molecule has 1 aromatic carbocycles. The Bertz CT molecular complexity index is 661. The summed E-state index contributed by atoms with van der Waals surface area (Å²) in [4.78, 5) is 1.41. The van der Waals surface area contributed by atoms with Crippen LogP contribution in [0.15, 0.2) is 18.2 Å². The number of benzene rings is 1. The van der Waals surface area contributed by atoms with E-state index in [0.717, 1.165) is 5.02 Å². The lowest BCUT2D eigenvalue weighted by Gasteiger charge is -1.94. The van der Waals surface area contributed by atoms with Gasteiger partial charge in [0.2, 0.25) is 0 Å². The third kappa shape index (κ3) is 1.25. The molecule has 0 nitrogen and oxygen atoms in total. The maximum atomic E-state index is 6.19. The van der Waals surface area contributed by atoms with E-state index in [-0.39, 0.29) is 0 Å². The van der Waals surface area contributed by atoms with Gasteiger partial charge in [0.1, 0.15) is 0 Å². The fourth-order valence-corrected chi connectivity index (χ4v) is 4.86. The van der Waals surface area contributed by atoms with Gasteiger partial charge in [-0.25, -0.2) is 0 Å². The van der Waals surface area contributed by atoms with Crippen molar-refractivity contribution in [3.8, 4) is 0 Å². The maximum absolute atomic E-state index is 6.19. The normalized spacial score (nSPS) is 11.7. The molecule has 0 aliphatic rings. The number of hydrogen-bond donors (Lipinski definition) is 0. The Hall–Kier alpha value is -0.570. The second-order valence-electron chi connectivity index (χ2n) is 3.66. The van der Waals surface area contributed by atoms with Gasteiger partial charge >= 0.3 is 0 Å². The average molecular weight is 253 g/mol. The van der Waals surface area contributed by atoms with Gasteiger partial charge in [-0.05, 0) is 25.5 Å². The highest BCUT2D eigenvalue weighted by molar-refractivity contribution is 7.42. The van der Waals surface area contributed by atoms with Crippen molar-refractivity contribution in [3.05, 3.63) is 33.7 Å². The smallest absolute Gasteiger partial charge is 0.0883 e. The Balaban J connectivity index is 2.62. The highest BCUT2D eigenvalue weighted by Crippen LogP contribution is 2.44. The first kappa shape index (κ1) is 9.64. The van der Waals surface area contributed by atoms with Crippen molar-refractivity contribution in [3.63, 3.8) is 0 Å². The molecular weight excluding hydrogens is 244 g/mol. The summed E-state index contributed by atoms with van der Waals surface area (Å²) in [5.41, 5.74) is 1.41. The van der Waals surface area contributed by atoms with Gasteiger partial charge in [-0.15, -0.1) is 22.7 Å². The van der Waals surface area contributed by atoms with Crippen molar-refractivity contribution in [2.75, 3.05) is 0 Å². The summed E-state index contributed by atoms with van der Waals surface area (Å²) in [5.74, 6) is 0. The van der Waals surface area contributed by atoms with Crippen molar-refractivity contribution in [2.45, 2.75) is 13.8 Å². The predicted octanol–water partition coefficient (Wildman–Crippen LogP) is 5.39. The third-order valence-electron chi connectivity index (χ3n) is 2.78. The maximum Gasteiger partial charge on any atom is 0.0883 e. The fraction of sp³-hybridized carbons (Fsp3) is 0.167. The lowest BCUT2D eigenvalue weighted by molar-refractivity contribution is 1.48. The molecule has 0 bridgehead atoms. The first-order chi connectivity index (χ1) is 7.18. The molecule has 0 amide bonds. The van der Waals surface area contributed by atoms with Crippen molar-refractivity contribution in [2.24, 2.45) is 0 Å². The molecule has 3 aromatic rings. The topological polar surface area (TPSA) is 0 Å². The van der Waals surface area contributed by atoms with E-state index in [9.17, 15) is 0 Å². The van der Waals surface area contributed by atoms with Gasteiger partial charge < -0.3 is 0 Å². The van der Waals surface area contributed by atoms with Gasteiger partial charge in [0.15, 0.2) is 0 Å². The number of hydrogen-bond acceptors (Lipinski definition) is 2. The van der Waals surface area contributed by atoms with E-state index >= 15 is 0 Å². The summed E-state index contributed by atoms with van der Waals surface area (Å²) in [5, 5.41) is 3.59. The van der Waals surface area contributed by atoms with Gasteiger partial charge in [0.25, 0.3) is 0 Å². The van der Waals surface area contributed by atoms with Crippen LogP contribution in [-0.4, -0.2) is 0 Å². The van der Waals surface area contributed by atoms with Crippen LogP contribution in [0.3, 0.4) is 0 Å². The van der Waals surface area contributed by atoms with Crippen LogP contribution in [0.2, 0.25) is 5.02 Å². The zero-order valence-electron chi connectivity index (χ0n) is 8.43. The molecule has 0 saturated carbocycles. The SMILES string of the molecule is Cc1sc2sc3c(Cl)cccc3c2c1C. The largest absolute Gasteiger partial charge is 0.129 e. The average Bonchev–Trinajstić information content (AvgIpc) is 2.68. The van der Waals surface area contributed by atoms with E-state index in [2.05, 4.69) is 19.9 Å². The van der Waals surface area contributed by atoms with Gasteiger partial charge in [-0.2, -0.15) is 0 Å². The number of thiophene rings is 2. The van der Waals surface area contributed by atoms with Crippen LogP contribution in [0.4, 0.5) is 0 Å². The summed E-state index contributed by atoms with van der Waals surface area (Å²) in [6, 6.07) is 6.16. The van der Waals surface area contributed by atoms with Crippen LogP contribution in [-0.2, 0) is 0 Å². The van der Waals surface area contributed by atoms with E-state index in [1.165, 1.54) is 29.9 Å². The summed E-state index contributed by atoms with van der Waals surface area (Å²) >= 11 is 9.88. The second kappa shape index (κ2) is 3.21. The molecule has 76 valence electrons. The Morgan fingerprint density at radius 2 is 1.93 bits per heavy atom. The number of halogens is 1. The molecule has 15 heavy (non-hydrogen) atoms. The van der Waals surface area contributed by atoms with Crippen LogP contribution >= 0.6 is 34.3 Å². The monoisotopic (exact) mass is 252 g/mol. The molecule has 3 heteroatoms. The van der Waals surface area contributed by atoms with E-state index in [0.29, 0.717) is 0 Å². The first-order valence-electron chi connectivity index (χ1n) is 4.75. The van der Waals surface area contributed by atoms with E-state index in [1.54, 1.807) is 0 Å². The van der Waals surface area contributed by atoms with Gasteiger partial charge in [0, 0.05) is 15.6 Å². The third-order valence-corrected chi connectivity index (χ3v) is 5.75. The van der Waals surface area contributed by atoms with Crippen LogP contribution < -0.4 is 0 Å². The van der Waals surface area contributed by atoms with Crippen LogP contribution in [0.1, 0.15) is 10.4 Å². The zero-order valence-corrected chi connectivity index (χ0v) is 10.8. The second-order valence-corrected chi connectivity index (χ2v) is 6.58. The van der Waals surface area contributed by atoms with Crippen molar-refractivity contribution >= 4 is 53.8 Å². The number of rotatable bonds is 0.